The van der Waals surface area contributed by atoms with Gasteiger partial charge in [0.05, 0.1) is 6.42 Å². The van der Waals surface area contributed by atoms with Crippen LogP contribution < -0.4 is 4.74 Å². The van der Waals surface area contributed by atoms with Crippen molar-refractivity contribution >= 4 is 17.7 Å². The molecule has 2 aromatic carbocycles. The molecule has 192 valence electrons. The van der Waals surface area contributed by atoms with E-state index in [2.05, 4.69) is 4.74 Å². The lowest BCUT2D eigenvalue weighted by Gasteiger charge is -2.37. The van der Waals surface area contributed by atoms with Gasteiger partial charge in [0.15, 0.2) is 5.78 Å². The van der Waals surface area contributed by atoms with Crippen LogP contribution in [0.2, 0.25) is 0 Å². The highest BCUT2D eigenvalue weighted by molar-refractivity contribution is 5.93. The molecule has 1 N–H and O–H groups in total. The second-order valence-electron chi connectivity index (χ2n) is 10.0. The van der Waals surface area contributed by atoms with Gasteiger partial charge in [-0.25, -0.2) is 4.39 Å². The number of carboxylic acid groups (broad SMARTS) is 1. The number of carboxylic acids is 1. The number of hydrogen-bond acceptors (Lipinski definition) is 4. The molecule has 1 atom stereocenters. The number of amides is 1. The summed E-state index contributed by atoms with van der Waals surface area (Å²) >= 11 is 0. The average Bonchev–Trinajstić information content (AvgIpc) is 3.10. The number of rotatable bonds is 8. The highest BCUT2D eigenvalue weighted by atomic mass is 19.3. The quantitative estimate of drug-likeness (QED) is 0.562. The number of ketones is 1. The first-order valence-electron chi connectivity index (χ1n) is 11.9. The fourth-order valence-corrected chi connectivity index (χ4v) is 5.41. The first kappa shape index (κ1) is 25.7. The van der Waals surface area contributed by atoms with Gasteiger partial charge in [0.2, 0.25) is 5.91 Å². The Balaban J connectivity index is 1.66. The maximum Gasteiger partial charge on any atom is 0.387 e. The van der Waals surface area contributed by atoms with Crippen LogP contribution in [0, 0.1) is 5.82 Å². The first-order chi connectivity index (χ1) is 17.0. The van der Waals surface area contributed by atoms with Gasteiger partial charge in [-0.3, -0.25) is 14.4 Å². The van der Waals surface area contributed by atoms with Crippen molar-refractivity contribution in [2.45, 2.75) is 70.4 Å². The molecule has 0 spiro atoms. The minimum absolute atomic E-state index is 0.0519. The van der Waals surface area contributed by atoms with Crippen molar-refractivity contribution in [1.29, 1.82) is 0 Å². The van der Waals surface area contributed by atoms with Gasteiger partial charge in [-0.15, -0.1) is 0 Å². The van der Waals surface area contributed by atoms with Gasteiger partial charge in [-0.1, -0.05) is 26.0 Å². The molecule has 1 aliphatic carbocycles. The lowest BCUT2D eigenvalue weighted by Crippen LogP contribution is -2.44. The molecule has 4 rings (SSSR count). The van der Waals surface area contributed by atoms with Crippen LogP contribution in [0.5, 0.6) is 5.75 Å². The van der Waals surface area contributed by atoms with Crippen LogP contribution >= 0.6 is 0 Å². The van der Waals surface area contributed by atoms with Crippen LogP contribution in [0.1, 0.15) is 67.0 Å². The monoisotopic (exact) mass is 503 g/mol. The number of halogens is 3. The van der Waals surface area contributed by atoms with E-state index in [1.807, 2.05) is 19.9 Å². The number of aliphatic carboxylic acids is 1. The first-order valence-corrected chi connectivity index (χ1v) is 11.9. The predicted octanol–water partition coefficient (Wildman–Crippen LogP) is 4.75. The molecular weight excluding hydrogens is 475 g/mol. The fraction of sp³-hybridized carbons (Fsp3) is 0.444. The van der Waals surface area contributed by atoms with Gasteiger partial charge >= 0.3 is 12.6 Å². The Hall–Kier alpha value is -3.36. The summed E-state index contributed by atoms with van der Waals surface area (Å²) in [4.78, 5) is 38.8. The summed E-state index contributed by atoms with van der Waals surface area (Å²) in [6.45, 7) is 1.08. The molecule has 0 fully saturated rings. The molecule has 36 heavy (non-hydrogen) atoms. The minimum Gasteiger partial charge on any atom is -0.481 e. The third-order valence-corrected chi connectivity index (χ3v) is 7.05. The molecule has 0 saturated heterocycles. The van der Waals surface area contributed by atoms with Crippen molar-refractivity contribution in [3.63, 3.8) is 0 Å². The van der Waals surface area contributed by atoms with E-state index in [0.717, 1.165) is 12.0 Å². The summed E-state index contributed by atoms with van der Waals surface area (Å²) in [5.74, 6) is -2.39. The molecule has 1 amide bonds. The number of hydrogen-bond donors (Lipinski definition) is 1. The van der Waals surface area contributed by atoms with Crippen molar-refractivity contribution in [2.24, 2.45) is 0 Å². The Morgan fingerprint density at radius 1 is 1.11 bits per heavy atom. The normalized spacial score (nSPS) is 18.1. The van der Waals surface area contributed by atoms with Crippen LogP contribution in [0.15, 0.2) is 30.3 Å². The molecule has 0 radical (unpaired) electrons. The summed E-state index contributed by atoms with van der Waals surface area (Å²) in [5.41, 5.74) is 2.82. The molecule has 0 saturated carbocycles. The van der Waals surface area contributed by atoms with Crippen molar-refractivity contribution in [3.05, 3.63) is 64.0 Å². The van der Waals surface area contributed by atoms with E-state index in [9.17, 15) is 23.2 Å². The maximum atomic E-state index is 15.0. The van der Waals surface area contributed by atoms with E-state index in [0.29, 0.717) is 35.1 Å². The molecule has 9 heteroatoms. The Bertz CT molecular complexity index is 1210. The molecule has 6 nitrogen and oxygen atoms in total. The van der Waals surface area contributed by atoms with Crippen LogP contribution in [-0.4, -0.2) is 40.8 Å². The van der Waals surface area contributed by atoms with E-state index >= 15 is 4.39 Å². The number of ether oxygens (including phenoxy) is 1. The predicted molar refractivity (Wildman–Crippen MR) is 125 cm³/mol. The Morgan fingerprint density at radius 2 is 1.86 bits per heavy atom. The van der Waals surface area contributed by atoms with Crippen LogP contribution in [0.3, 0.4) is 0 Å². The van der Waals surface area contributed by atoms with Crippen molar-refractivity contribution in [3.8, 4) is 5.75 Å². The number of fused-ring (bicyclic) bond motifs is 2. The number of alkyl halides is 2. The highest BCUT2D eigenvalue weighted by Crippen LogP contribution is 2.41. The molecule has 2 aliphatic rings. The minimum atomic E-state index is -3.00. The number of nitrogens with zero attached hydrogens (tertiary/aromatic N) is 1. The molecule has 0 bridgehead atoms. The largest absolute Gasteiger partial charge is 0.481 e. The van der Waals surface area contributed by atoms with Crippen molar-refractivity contribution in [1.82, 2.24) is 4.90 Å². The third-order valence-electron chi connectivity index (χ3n) is 7.05. The highest BCUT2D eigenvalue weighted by Gasteiger charge is 2.37. The van der Waals surface area contributed by atoms with E-state index in [4.69, 9.17) is 5.11 Å². The number of Topliss-reactive ketones (excluding diaryl/α,β-unsaturated/α-hetero) is 1. The number of benzene rings is 2. The Labute approximate surface area is 207 Å². The molecule has 1 heterocycles. The van der Waals surface area contributed by atoms with E-state index in [1.165, 1.54) is 29.2 Å². The average molecular weight is 504 g/mol. The lowest BCUT2D eigenvalue weighted by molar-refractivity contribution is -0.144. The summed E-state index contributed by atoms with van der Waals surface area (Å²) in [6.07, 6.45) is 1.02. The van der Waals surface area contributed by atoms with E-state index < -0.39 is 24.5 Å². The second-order valence-corrected chi connectivity index (χ2v) is 10.0. The summed E-state index contributed by atoms with van der Waals surface area (Å²) in [6, 6.07) is 6.39. The van der Waals surface area contributed by atoms with Crippen LogP contribution in [-0.2, 0) is 39.1 Å². The number of carbonyl (C=O) groups excluding carboxylic acids is 2. The van der Waals surface area contributed by atoms with E-state index in [-0.39, 0.29) is 48.6 Å². The zero-order valence-electron chi connectivity index (χ0n) is 20.2. The topological polar surface area (TPSA) is 83.9 Å². The standard InChI is InChI=1S/C27H28F3NO5/c1-27(2)9-7-17-11-15(12-20(28)24(17)27)13-21(32)25-19-4-3-18(36-26(29)30)14-16(19)8-10-31(25)22(33)5-6-23(34)35/h3-4,11-12,14,25-26H,5-10,13H2,1-2H3,(H,34,35)/t25-/m1/s1. The Morgan fingerprint density at radius 3 is 2.56 bits per heavy atom. The van der Waals surface area contributed by atoms with Crippen molar-refractivity contribution in [2.75, 3.05) is 6.54 Å². The zero-order chi connectivity index (χ0) is 26.2. The smallest absolute Gasteiger partial charge is 0.387 e. The molecule has 2 aromatic rings. The van der Waals surface area contributed by atoms with Crippen LogP contribution in [0.4, 0.5) is 13.2 Å². The second kappa shape index (κ2) is 9.95. The SMILES string of the molecule is CC1(C)CCc2cc(CC(=O)[C@H]3c4ccc(OC(F)F)cc4CCN3C(=O)CCC(=O)O)cc(F)c21. The summed E-state index contributed by atoms with van der Waals surface area (Å²) in [5, 5.41) is 8.98. The van der Waals surface area contributed by atoms with Gasteiger partial charge in [-0.05, 0) is 70.7 Å². The molecular formula is C27H28F3NO5. The summed E-state index contributed by atoms with van der Waals surface area (Å²) < 4.78 is 44.8. The maximum absolute atomic E-state index is 15.0. The van der Waals surface area contributed by atoms with Gasteiger partial charge in [0, 0.05) is 19.4 Å². The lowest BCUT2D eigenvalue weighted by atomic mass is 9.84. The van der Waals surface area contributed by atoms with Gasteiger partial charge in [-0.2, -0.15) is 8.78 Å². The third kappa shape index (κ3) is 5.24. The van der Waals surface area contributed by atoms with Gasteiger partial charge < -0.3 is 14.7 Å². The summed E-state index contributed by atoms with van der Waals surface area (Å²) in [7, 11) is 0. The van der Waals surface area contributed by atoms with E-state index in [1.54, 1.807) is 0 Å². The number of aryl methyl sites for hydroxylation is 1. The van der Waals surface area contributed by atoms with Gasteiger partial charge in [0.25, 0.3) is 0 Å². The van der Waals surface area contributed by atoms with Crippen molar-refractivity contribution < 1.29 is 37.4 Å². The van der Waals surface area contributed by atoms with Crippen LogP contribution in [0.25, 0.3) is 0 Å². The molecule has 0 unspecified atom stereocenters. The van der Waals surface area contributed by atoms with Gasteiger partial charge in [0.1, 0.15) is 17.6 Å². The molecule has 0 aromatic heterocycles. The zero-order valence-corrected chi connectivity index (χ0v) is 20.2. The Kier molecular flexibility index (Phi) is 7.11. The number of carbonyl (C=O) groups is 3. The fourth-order valence-electron chi connectivity index (χ4n) is 5.41. The molecule has 1 aliphatic heterocycles.